The Balaban J connectivity index is 0.000000103. The summed E-state index contributed by atoms with van der Waals surface area (Å²) in [7, 11) is 0. The van der Waals surface area contributed by atoms with Crippen LogP contribution in [-0.4, -0.2) is 4.57 Å². The lowest BCUT2D eigenvalue weighted by Crippen LogP contribution is -1.96. The smallest absolute Gasteiger partial charge is 0.143 e. The van der Waals surface area contributed by atoms with Gasteiger partial charge in [-0.05, 0) is 281 Å². The molecule has 145 heavy (non-hydrogen) atoms. The highest BCUT2D eigenvalue weighted by Crippen LogP contribution is 2.62. The van der Waals surface area contributed by atoms with Gasteiger partial charge in [0.15, 0.2) is 0 Å². The van der Waals surface area contributed by atoms with Gasteiger partial charge in [0.05, 0.1) is 11.0 Å². The van der Waals surface area contributed by atoms with Crippen molar-refractivity contribution in [1.29, 1.82) is 0 Å². The van der Waals surface area contributed by atoms with E-state index in [9.17, 15) is 0 Å². The Bertz CT molecular complexity index is 9730. The summed E-state index contributed by atoms with van der Waals surface area (Å²) in [5.41, 5.74) is 48.4. The second kappa shape index (κ2) is 34.1. The maximum absolute atomic E-state index is 6.40. The highest BCUT2D eigenvalue weighted by molar-refractivity contribution is 7.26. The number of rotatable bonds is 12. The molecule has 672 valence electrons. The van der Waals surface area contributed by atoms with Crippen molar-refractivity contribution in [3.05, 3.63) is 528 Å². The maximum Gasteiger partial charge on any atom is 0.143 e. The Morgan fingerprint density at radius 2 is 0.462 bits per heavy atom. The minimum atomic E-state index is 0.918. The molecule has 0 saturated heterocycles. The molecule has 0 N–H and O–H groups in total. The standard InChI is InChI=1S/C50H31N.C46H28O.C46H28S/c1-3-13-32(14-4-1)43-31-42(47(36-16-5-2-6-17-36)50-41-23-12-19-35-18-11-22-40(46(35)41)49(43)50)34-25-28-37(29-26-34)51-44-24-10-9-21-39(44)48-38-20-8-7-15-33(38)27-30-45(48)51;2*1-3-12-29(13-4-1)40-28-39(31-26-24-30(25-27-31)34-19-11-20-36-35-18-7-8-23-41(35)47-46(34)36)43(33-14-5-2-6-15-33)45-38-22-10-17-32-16-9-21-37(42(32)38)44(40)45/h1-31H;2*1-28H. The summed E-state index contributed by atoms with van der Waals surface area (Å²) in [6.07, 6.45) is 0. The second-order valence-corrected chi connectivity index (χ2v) is 39.5. The van der Waals surface area contributed by atoms with Crippen LogP contribution in [0.4, 0.5) is 0 Å². The molecule has 3 heteroatoms. The topological polar surface area (TPSA) is 18.1 Å². The van der Waals surface area contributed by atoms with E-state index in [0.717, 1.165) is 38.8 Å². The minimum Gasteiger partial charge on any atom is -0.455 e. The number of hydrogen-bond donors (Lipinski definition) is 0. The lowest BCUT2D eigenvalue weighted by molar-refractivity contribution is 0.670. The Labute approximate surface area is 843 Å². The molecule has 3 heterocycles. The summed E-state index contributed by atoms with van der Waals surface area (Å²) in [6, 6.07) is 193. The Kier molecular flexibility index (Phi) is 19.6. The zero-order valence-electron chi connectivity index (χ0n) is 79.0. The van der Waals surface area contributed by atoms with Crippen molar-refractivity contribution >= 4 is 118 Å². The molecule has 0 bridgehead atoms. The van der Waals surface area contributed by atoms with Gasteiger partial charge in [-0.3, -0.25) is 0 Å². The number of fused-ring (bicyclic) bond motifs is 20. The number of thiophene rings is 1. The second-order valence-electron chi connectivity index (χ2n) is 38.4. The molecule has 0 radical (unpaired) electrons. The largest absolute Gasteiger partial charge is 0.455 e. The minimum absolute atomic E-state index is 0.918. The zero-order chi connectivity index (χ0) is 95.3. The van der Waals surface area contributed by atoms with E-state index in [1.54, 1.807) is 0 Å². The van der Waals surface area contributed by atoms with Gasteiger partial charge in [-0.2, -0.15) is 0 Å². The number of furan rings is 1. The molecule has 31 rings (SSSR count). The first-order valence-corrected chi connectivity index (χ1v) is 50.9. The quantitative estimate of drug-likeness (QED) is 0.119. The molecule has 25 aromatic carbocycles. The van der Waals surface area contributed by atoms with Gasteiger partial charge in [-0.1, -0.05) is 473 Å². The first-order valence-electron chi connectivity index (χ1n) is 50.1. The Morgan fingerprint density at radius 1 is 0.159 bits per heavy atom. The molecule has 3 aliphatic carbocycles. The molecule has 0 spiro atoms. The normalized spacial score (nSPS) is 11.9. The summed E-state index contributed by atoms with van der Waals surface area (Å²) in [5.74, 6) is 0. The zero-order valence-corrected chi connectivity index (χ0v) is 79.8. The number of aromatic nitrogens is 1. The van der Waals surface area contributed by atoms with Crippen LogP contribution in [-0.2, 0) is 0 Å². The first kappa shape index (κ1) is 83.3. The molecule has 28 aromatic rings. The van der Waals surface area contributed by atoms with E-state index < -0.39 is 0 Å². The average molecular weight is 1860 g/mol. The van der Waals surface area contributed by atoms with Crippen LogP contribution in [0, 0.1) is 0 Å². The van der Waals surface area contributed by atoms with E-state index >= 15 is 0 Å². The van der Waals surface area contributed by atoms with E-state index in [1.165, 1.54) is 263 Å². The summed E-state index contributed by atoms with van der Waals surface area (Å²) < 4.78 is 11.5. The lowest BCUT2D eigenvalue weighted by Gasteiger charge is -2.21. The summed E-state index contributed by atoms with van der Waals surface area (Å²) in [6.45, 7) is 0. The van der Waals surface area contributed by atoms with Gasteiger partial charge in [0.1, 0.15) is 11.2 Å². The van der Waals surface area contributed by atoms with Crippen molar-refractivity contribution in [3.8, 4) is 195 Å². The van der Waals surface area contributed by atoms with Crippen molar-refractivity contribution in [2.75, 3.05) is 0 Å². The van der Waals surface area contributed by atoms with Crippen LogP contribution in [0.25, 0.3) is 302 Å². The molecular formula is C142H87NOS. The predicted molar refractivity (Wildman–Crippen MR) is 617 cm³/mol. The summed E-state index contributed by atoms with van der Waals surface area (Å²) in [4.78, 5) is 0. The highest BCUT2D eigenvalue weighted by atomic mass is 32.1. The first-order chi connectivity index (χ1) is 72.0. The van der Waals surface area contributed by atoms with Crippen molar-refractivity contribution in [2.24, 2.45) is 0 Å². The number of hydrogen-bond acceptors (Lipinski definition) is 2. The predicted octanol–water partition coefficient (Wildman–Crippen LogP) is 40.3. The van der Waals surface area contributed by atoms with Gasteiger partial charge in [0, 0.05) is 53.0 Å². The molecule has 0 fully saturated rings. The molecule has 0 saturated carbocycles. The third-order valence-corrected chi connectivity index (χ3v) is 31.8. The van der Waals surface area contributed by atoms with E-state index in [1.807, 2.05) is 23.5 Å². The molecule has 3 aliphatic rings. The van der Waals surface area contributed by atoms with Crippen molar-refractivity contribution < 1.29 is 4.42 Å². The monoisotopic (exact) mass is 1850 g/mol. The van der Waals surface area contributed by atoms with Crippen molar-refractivity contribution in [2.45, 2.75) is 0 Å². The lowest BCUT2D eigenvalue weighted by atomic mass is 9.82. The van der Waals surface area contributed by atoms with Crippen LogP contribution in [0.3, 0.4) is 0 Å². The SMILES string of the molecule is c1ccc(-c2cc(-c3ccc(-c4cccc5c4oc4ccccc45)cc3)c(-c3ccccc3)c3c2-c2cccc4cccc-3c24)cc1.c1ccc(-c2cc(-c3ccc(-c4cccc5c4sc4ccccc45)cc3)c(-c3ccccc3)c3c2-c2cccc4cccc-3c24)cc1.c1ccc(-c2cc(-c3ccc(-n4c5ccccc5c5c6ccccc6ccc54)cc3)c(-c3ccccc3)c3c2-c2cccc4cccc-3c24)cc1. The van der Waals surface area contributed by atoms with Gasteiger partial charge in [-0.15, -0.1) is 11.3 Å². The van der Waals surface area contributed by atoms with Crippen LogP contribution < -0.4 is 0 Å². The van der Waals surface area contributed by atoms with Gasteiger partial charge in [-0.25, -0.2) is 0 Å². The fourth-order valence-corrected chi connectivity index (χ4v) is 25.6. The highest BCUT2D eigenvalue weighted by Gasteiger charge is 2.35. The van der Waals surface area contributed by atoms with Crippen LogP contribution in [0.5, 0.6) is 0 Å². The fourth-order valence-electron chi connectivity index (χ4n) is 24.3. The third kappa shape index (κ3) is 13.5. The van der Waals surface area contributed by atoms with Crippen LogP contribution in [0.1, 0.15) is 0 Å². The van der Waals surface area contributed by atoms with Crippen molar-refractivity contribution in [3.63, 3.8) is 0 Å². The number of para-hydroxylation sites is 3. The number of nitrogens with zero attached hydrogens (tertiary/aromatic N) is 1. The average Bonchev–Trinajstić information content (AvgIpc) is 1.57. The maximum atomic E-state index is 6.40. The Hall–Kier alpha value is -18.6. The van der Waals surface area contributed by atoms with E-state index in [4.69, 9.17) is 4.42 Å². The molecule has 3 aromatic heterocycles. The van der Waals surface area contributed by atoms with Gasteiger partial charge < -0.3 is 8.98 Å². The summed E-state index contributed by atoms with van der Waals surface area (Å²) >= 11 is 1.89. The molecule has 2 nitrogen and oxygen atoms in total. The fraction of sp³-hybridized carbons (Fsp3) is 0. The van der Waals surface area contributed by atoms with Gasteiger partial charge in [0.2, 0.25) is 0 Å². The van der Waals surface area contributed by atoms with Gasteiger partial charge in [0.25, 0.3) is 0 Å². The van der Waals surface area contributed by atoms with Crippen LogP contribution in [0.15, 0.2) is 532 Å². The van der Waals surface area contributed by atoms with Crippen LogP contribution in [0.2, 0.25) is 0 Å². The third-order valence-electron chi connectivity index (χ3n) is 30.6. The Morgan fingerprint density at radius 3 is 0.910 bits per heavy atom. The molecule has 0 aliphatic heterocycles. The van der Waals surface area contributed by atoms with Crippen LogP contribution >= 0.6 is 11.3 Å². The molecule has 0 unspecified atom stereocenters. The van der Waals surface area contributed by atoms with Crippen molar-refractivity contribution in [1.82, 2.24) is 4.57 Å². The number of benzene rings is 25. The molecule has 0 atom stereocenters. The molecule has 0 amide bonds. The summed E-state index contributed by atoms with van der Waals surface area (Å²) in [5, 5.41) is 18.0. The van der Waals surface area contributed by atoms with E-state index in [-0.39, 0.29) is 0 Å². The van der Waals surface area contributed by atoms with E-state index in [0.29, 0.717) is 0 Å². The van der Waals surface area contributed by atoms with E-state index in [2.05, 4.69) is 520 Å². The molecular weight excluding hydrogens is 1770 g/mol. The van der Waals surface area contributed by atoms with Gasteiger partial charge >= 0.3 is 0 Å².